The number of rotatable bonds is 7. The monoisotopic (exact) mass is 368 g/mol. The molecule has 1 heterocycles. The Hall–Kier alpha value is -3.55. The standard InChI is InChI=1S/C19H20N4O4/c1-11-4-5-12(18(20)24)8-14(11)21-10-17-22-19(23-27-17)13-6-7-15(25-2)16(9-13)26-3/h4-9,21H,10H2,1-3H3,(H2,20,24). The predicted octanol–water partition coefficient (Wildman–Crippen LogP) is 2.77. The van der Waals surface area contributed by atoms with Crippen LogP contribution in [0.2, 0.25) is 0 Å². The van der Waals surface area contributed by atoms with Crippen molar-refractivity contribution in [3.8, 4) is 22.9 Å². The van der Waals surface area contributed by atoms with Gasteiger partial charge in [-0.2, -0.15) is 4.98 Å². The predicted molar refractivity (Wildman–Crippen MR) is 99.9 cm³/mol. The van der Waals surface area contributed by atoms with Crippen LogP contribution in [0.5, 0.6) is 11.5 Å². The Bertz CT molecular complexity index is 968. The van der Waals surface area contributed by atoms with Crippen LogP contribution in [0.4, 0.5) is 5.69 Å². The number of hydrogen-bond acceptors (Lipinski definition) is 7. The first-order valence-electron chi connectivity index (χ1n) is 8.21. The van der Waals surface area contributed by atoms with Crippen LogP contribution in [-0.4, -0.2) is 30.3 Å². The van der Waals surface area contributed by atoms with Gasteiger partial charge in [-0.3, -0.25) is 4.79 Å². The van der Waals surface area contributed by atoms with Gasteiger partial charge in [0.1, 0.15) is 0 Å². The summed E-state index contributed by atoms with van der Waals surface area (Å²) < 4.78 is 15.8. The lowest BCUT2D eigenvalue weighted by Crippen LogP contribution is -2.12. The van der Waals surface area contributed by atoms with Gasteiger partial charge in [-0.1, -0.05) is 11.2 Å². The number of carbonyl (C=O) groups is 1. The van der Waals surface area contributed by atoms with Crippen molar-refractivity contribution in [3.63, 3.8) is 0 Å². The molecule has 0 spiro atoms. The first-order valence-corrected chi connectivity index (χ1v) is 8.21. The molecular weight excluding hydrogens is 348 g/mol. The van der Waals surface area contributed by atoms with Gasteiger partial charge in [0, 0.05) is 16.8 Å². The number of aryl methyl sites for hydroxylation is 1. The summed E-state index contributed by atoms with van der Waals surface area (Å²) in [5, 5.41) is 7.18. The Morgan fingerprint density at radius 2 is 1.93 bits per heavy atom. The molecule has 2 aromatic carbocycles. The number of nitrogens with one attached hydrogen (secondary N) is 1. The van der Waals surface area contributed by atoms with E-state index in [4.69, 9.17) is 19.7 Å². The van der Waals surface area contributed by atoms with E-state index >= 15 is 0 Å². The van der Waals surface area contributed by atoms with Gasteiger partial charge in [-0.25, -0.2) is 0 Å². The average Bonchev–Trinajstić information content (AvgIpc) is 3.15. The summed E-state index contributed by atoms with van der Waals surface area (Å²) in [6, 6.07) is 10.6. The van der Waals surface area contributed by atoms with E-state index in [1.54, 1.807) is 38.5 Å². The maximum Gasteiger partial charge on any atom is 0.248 e. The van der Waals surface area contributed by atoms with Crippen LogP contribution in [-0.2, 0) is 6.54 Å². The van der Waals surface area contributed by atoms with Gasteiger partial charge in [0.15, 0.2) is 11.5 Å². The number of nitrogens with two attached hydrogens (primary N) is 1. The van der Waals surface area contributed by atoms with E-state index in [2.05, 4.69) is 15.5 Å². The molecule has 1 amide bonds. The number of anilines is 1. The van der Waals surface area contributed by atoms with Crippen molar-refractivity contribution in [3.05, 3.63) is 53.4 Å². The minimum absolute atomic E-state index is 0.309. The third-order valence-corrected chi connectivity index (χ3v) is 4.06. The van der Waals surface area contributed by atoms with Crippen molar-refractivity contribution >= 4 is 11.6 Å². The minimum Gasteiger partial charge on any atom is -0.493 e. The minimum atomic E-state index is -0.480. The van der Waals surface area contributed by atoms with Gasteiger partial charge < -0.3 is 25.0 Å². The van der Waals surface area contributed by atoms with Crippen LogP contribution in [0.25, 0.3) is 11.4 Å². The quantitative estimate of drug-likeness (QED) is 0.659. The number of primary amides is 1. The highest BCUT2D eigenvalue weighted by Gasteiger charge is 2.13. The second-order valence-corrected chi connectivity index (χ2v) is 5.83. The molecule has 3 aromatic rings. The summed E-state index contributed by atoms with van der Waals surface area (Å²) in [6.45, 7) is 2.24. The fourth-order valence-corrected chi connectivity index (χ4v) is 2.56. The van der Waals surface area contributed by atoms with Crippen molar-refractivity contribution in [1.82, 2.24) is 10.1 Å². The second-order valence-electron chi connectivity index (χ2n) is 5.83. The number of aromatic nitrogens is 2. The Morgan fingerprint density at radius 3 is 2.63 bits per heavy atom. The van der Waals surface area contributed by atoms with Crippen LogP contribution >= 0.6 is 0 Å². The Labute approximate surface area is 156 Å². The zero-order valence-corrected chi connectivity index (χ0v) is 15.3. The summed E-state index contributed by atoms with van der Waals surface area (Å²) >= 11 is 0. The van der Waals surface area contributed by atoms with E-state index in [1.807, 2.05) is 19.1 Å². The molecule has 0 radical (unpaired) electrons. The van der Waals surface area contributed by atoms with Crippen LogP contribution in [0.3, 0.4) is 0 Å². The molecule has 0 aliphatic rings. The van der Waals surface area contributed by atoms with Gasteiger partial charge in [0.25, 0.3) is 0 Å². The second kappa shape index (κ2) is 7.77. The van der Waals surface area contributed by atoms with E-state index < -0.39 is 5.91 Å². The molecule has 27 heavy (non-hydrogen) atoms. The normalized spacial score (nSPS) is 10.5. The lowest BCUT2D eigenvalue weighted by molar-refractivity contribution is 0.100. The molecule has 0 bridgehead atoms. The molecule has 0 atom stereocenters. The SMILES string of the molecule is COc1ccc(-c2noc(CNc3cc(C(N)=O)ccc3C)n2)cc1OC. The molecule has 1 aromatic heterocycles. The molecule has 0 saturated carbocycles. The van der Waals surface area contributed by atoms with Crippen molar-refractivity contribution in [2.45, 2.75) is 13.5 Å². The van der Waals surface area contributed by atoms with Crippen LogP contribution in [0.1, 0.15) is 21.8 Å². The maximum atomic E-state index is 11.3. The van der Waals surface area contributed by atoms with Crippen LogP contribution in [0.15, 0.2) is 40.9 Å². The van der Waals surface area contributed by atoms with Crippen LogP contribution in [0, 0.1) is 6.92 Å². The molecule has 0 aliphatic heterocycles. The number of amides is 1. The highest BCUT2D eigenvalue weighted by Crippen LogP contribution is 2.31. The van der Waals surface area contributed by atoms with Gasteiger partial charge >= 0.3 is 0 Å². The van der Waals surface area contributed by atoms with Crippen molar-refractivity contribution in [1.29, 1.82) is 0 Å². The number of methoxy groups -OCH3 is 2. The largest absolute Gasteiger partial charge is 0.493 e. The Kier molecular flexibility index (Phi) is 5.25. The highest BCUT2D eigenvalue weighted by atomic mass is 16.5. The maximum absolute atomic E-state index is 11.3. The summed E-state index contributed by atoms with van der Waals surface area (Å²) in [4.78, 5) is 15.7. The molecule has 0 fully saturated rings. The molecule has 8 nitrogen and oxygen atoms in total. The molecule has 3 rings (SSSR count). The molecule has 0 saturated heterocycles. The van der Waals surface area contributed by atoms with Gasteiger partial charge in [-0.15, -0.1) is 0 Å². The topological polar surface area (TPSA) is 112 Å². The van der Waals surface area contributed by atoms with E-state index in [0.29, 0.717) is 35.3 Å². The third-order valence-electron chi connectivity index (χ3n) is 4.06. The Balaban J connectivity index is 1.75. The molecular formula is C19H20N4O4. The summed E-state index contributed by atoms with van der Waals surface area (Å²) in [6.07, 6.45) is 0. The van der Waals surface area contributed by atoms with E-state index in [-0.39, 0.29) is 0 Å². The third kappa shape index (κ3) is 4.00. The lowest BCUT2D eigenvalue weighted by atomic mass is 10.1. The smallest absolute Gasteiger partial charge is 0.248 e. The number of nitrogens with zero attached hydrogens (tertiary/aromatic N) is 2. The first-order chi connectivity index (χ1) is 13.0. The number of carbonyl (C=O) groups excluding carboxylic acids is 1. The molecule has 8 heteroatoms. The van der Waals surface area contributed by atoms with Gasteiger partial charge in [0.05, 0.1) is 20.8 Å². The zero-order chi connectivity index (χ0) is 19.4. The molecule has 0 aliphatic carbocycles. The summed E-state index contributed by atoms with van der Waals surface area (Å²) in [5.41, 5.74) is 8.25. The highest BCUT2D eigenvalue weighted by molar-refractivity contribution is 5.94. The zero-order valence-electron chi connectivity index (χ0n) is 15.3. The molecule has 0 unspecified atom stereocenters. The first kappa shape index (κ1) is 18.2. The van der Waals surface area contributed by atoms with E-state index in [0.717, 1.165) is 16.8 Å². The van der Waals surface area contributed by atoms with Gasteiger partial charge in [-0.05, 0) is 42.8 Å². The van der Waals surface area contributed by atoms with Crippen LogP contribution < -0.4 is 20.5 Å². The van der Waals surface area contributed by atoms with Crippen molar-refractivity contribution in [2.75, 3.05) is 19.5 Å². The number of hydrogen-bond donors (Lipinski definition) is 2. The fraction of sp³-hybridized carbons (Fsp3) is 0.211. The fourth-order valence-electron chi connectivity index (χ4n) is 2.56. The van der Waals surface area contributed by atoms with Gasteiger partial charge in [0.2, 0.25) is 17.6 Å². The Morgan fingerprint density at radius 1 is 1.15 bits per heavy atom. The summed E-state index contributed by atoms with van der Waals surface area (Å²) in [7, 11) is 3.14. The van der Waals surface area contributed by atoms with E-state index in [1.165, 1.54) is 0 Å². The number of benzene rings is 2. The number of ether oxygens (including phenoxy) is 2. The van der Waals surface area contributed by atoms with Crippen molar-refractivity contribution in [2.24, 2.45) is 5.73 Å². The molecule has 140 valence electrons. The average molecular weight is 368 g/mol. The van der Waals surface area contributed by atoms with Crippen molar-refractivity contribution < 1.29 is 18.8 Å². The summed E-state index contributed by atoms with van der Waals surface area (Å²) in [5.74, 6) is 1.57. The molecule has 3 N–H and O–H groups in total. The van der Waals surface area contributed by atoms with E-state index in [9.17, 15) is 4.79 Å². The lowest BCUT2D eigenvalue weighted by Gasteiger charge is -2.08.